The molecule has 1 aliphatic heterocycles. The second-order valence-electron chi connectivity index (χ2n) is 7.56. The van der Waals surface area contributed by atoms with Crippen LogP contribution >= 0.6 is 0 Å². The van der Waals surface area contributed by atoms with Gasteiger partial charge in [-0.25, -0.2) is 14.6 Å². The van der Waals surface area contributed by atoms with Gasteiger partial charge in [-0.2, -0.15) is 0 Å². The van der Waals surface area contributed by atoms with Gasteiger partial charge in [0.15, 0.2) is 0 Å². The first-order valence-corrected chi connectivity index (χ1v) is 11.0. The number of fused-ring (bicyclic) bond motifs is 1. The lowest BCUT2D eigenvalue weighted by molar-refractivity contribution is 0.0388. The fourth-order valence-electron chi connectivity index (χ4n) is 3.59. The van der Waals surface area contributed by atoms with Crippen LogP contribution in [0, 0.1) is 0 Å². The van der Waals surface area contributed by atoms with E-state index in [4.69, 9.17) is 9.47 Å². The summed E-state index contributed by atoms with van der Waals surface area (Å²) in [6, 6.07) is 10.2. The number of urea groups is 1. The standard InChI is InChI=1S/C23H28N6O4/c1-2-24-23(31)29-9-6-17-15-18(3-4-20(17)29)33-19-5-7-25-21(16-19)27-22(30)26-8-10-28-11-13-32-14-12-28/h3-7,9,15-16H,2,8,10-14H2,1H3,(H,24,31)(H2,25,26,27,30). The number of hydrogen-bond donors (Lipinski definition) is 3. The molecule has 10 nitrogen and oxygen atoms in total. The van der Waals surface area contributed by atoms with Gasteiger partial charge in [0.25, 0.3) is 0 Å². The Kier molecular flexibility index (Phi) is 7.38. The van der Waals surface area contributed by atoms with Crippen molar-refractivity contribution in [2.24, 2.45) is 0 Å². The highest BCUT2D eigenvalue weighted by Gasteiger charge is 2.11. The number of anilines is 1. The maximum atomic E-state index is 12.2. The number of nitrogens with one attached hydrogen (secondary N) is 3. The maximum absolute atomic E-state index is 12.2. The van der Waals surface area contributed by atoms with Crippen molar-refractivity contribution in [3.05, 3.63) is 48.8 Å². The number of benzene rings is 1. The Morgan fingerprint density at radius 2 is 1.91 bits per heavy atom. The lowest BCUT2D eigenvalue weighted by Gasteiger charge is -2.26. The number of rotatable bonds is 7. The molecule has 1 fully saturated rings. The summed E-state index contributed by atoms with van der Waals surface area (Å²) in [5.41, 5.74) is 0.791. The molecule has 3 N–H and O–H groups in total. The van der Waals surface area contributed by atoms with Crippen molar-refractivity contribution in [1.29, 1.82) is 0 Å². The third kappa shape index (κ3) is 5.99. The molecule has 0 bridgehead atoms. The molecule has 0 unspecified atom stereocenters. The molecule has 1 aliphatic rings. The number of carbonyl (C=O) groups is 2. The largest absolute Gasteiger partial charge is 0.457 e. The third-order valence-electron chi connectivity index (χ3n) is 5.23. The van der Waals surface area contributed by atoms with E-state index in [1.165, 1.54) is 0 Å². The molecule has 0 saturated carbocycles. The number of amides is 3. The van der Waals surface area contributed by atoms with E-state index in [0.29, 0.717) is 30.4 Å². The zero-order chi connectivity index (χ0) is 23.0. The molecule has 33 heavy (non-hydrogen) atoms. The van der Waals surface area contributed by atoms with Crippen molar-refractivity contribution >= 4 is 28.8 Å². The Morgan fingerprint density at radius 3 is 2.73 bits per heavy atom. The quantitative estimate of drug-likeness (QED) is 0.509. The Bertz CT molecular complexity index is 1110. The smallest absolute Gasteiger partial charge is 0.326 e. The Balaban J connectivity index is 1.33. The number of ether oxygens (including phenoxy) is 2. The summed E-state index contributed by atoms with van der Waals surface area (Å²) < 4.78 is 12.8. The molecule has 0 radical (unpaired) electrons. The van der Waals surface area contributed by atoms with E-state index >= 15 is 0 Å². The van der Waals surface area contributed by atoms with Gasteiger partial charge in [-0.3, -0.25) is 14.8 Å². The number of pyridine rings is 1. The van der Waals surface area contributed by atoms with Gasteiger partial charge >= 0.3 is 12.1 Å². The Labute approximate surface area is 191 Å². The van der Waals surface area contributed by atoms with Crippen molar-refractivity contribution < 1.29 is 19.1 Å². The molecule has 0 spiro atoms. The molecule has 174 valence electrons. The average Bonchev–Trinajstić information content (AvgIpc) is 3.24. The van der Waals surface area contributed by atoms with Crippen LogP contribution < -0.4 is 20.7 Å². The summed E-state index contributed by atoms with van der Waals surface area (Å²) in [6.07, 6.45) is 3.30. The average molecular weight is 453 g/mol. The van der Waals surface area contributed by atoms with E-state index < -0.39 is 0 Å². The summed E-state index contributed by atoms with van der Waals surface area (Å²) >= 11 is 0. The van der Waals surface area contributed by atoms with Crippen LogP contribution in [0.1, 0.15) is 6.92 Å². The van der Waals surface area contributed by atoms with Crippen LogP contribution in [0.2, 0.25) is 0 Å². The zero-order valence-electron chi connectivity index (χ0n) is 18.5. The van der Waals surface area contributed by atoms with E-state index in [1.54, 1.807) is 35.2 Å². The van der Waals surface area contributed by atoms with E-state index in [2.05, 4.69) is 25.8 Å². The number of morpholine rings is 1. The summed E-state index contributed by atoms with van der Waals surface area (Å²) in [6.45, 7) is 6.98. The highest BCUT2D eigenvalue weighted by Crippen LogP contribution is 2.27. The minimum Gasteiger partial charge on any atom is -0.457 e. The van der Waals surface area contributed by atoms with Gasteiger partial charge in [0, 0.05) is 56.6 Å². The van der Waals surface area contributed by atoms with Gasteiger partial charge < -0.3 is 20.1 Å². The molecule has 4 rings (SSSR count). The maximum Gasteiger partial charge on any atom is 0.326 e. The number of nitrogens with zero attached hydrogens (tertiary/aromatic N) is 3. The molecule has 1 aromatic carbocycles. The Hall–Kier alpha value is -3.63. The first kappa shape index (κ1) is 22.6. The highest BCUT2D eigenvalue weighted by molar-refractivity contribution is 5.92. The van der Waals surface area contributed by atoms with E-state index in [-0.39, 0.29) is 12.1 Å². The summed E-state index contributed by atoms with van der Waals surface area (Å²) in [4.78, 5) is 30.8. The topological polar surface area (TPSA) is 110 Å². The van der Waals surface area contributed by atoms with E-state index in [1.807, 2.05) is 25.1 Å². The van der Waals surface area contributed by atoms with Crippen LogP contribution in [0.3, 0.4) is 0 Å². The lowest BCUT2D eigenvalue weighted by atomic mass is 10.2. The number of hydrogen-bond acceptors (Lipinski definition) is 6. The van der Waals surface area contributed by atoms with Crippen molar-refractivity contribution in [2.75, 3.05) is 51.3 Å². The summed E-state index contributed by atoms with van der Waals surface area (Å²) in [7, 11) is 0. The van der Waals surface area contributed by atoms with Crippen molar-refractivity contribution in [2.45, 2.75) is 6.92 Å². The third-order valence-corrected chi connectivity index (χ3v) is 5.23. The first-order valence-electron chi connectivity index (χ1n) is 11.0. The van der Waals surface area contributed by atoms with Crippen LogP contribution in [0.4, 0.5) is 15.4 Å². The predicted octanol–water partition coefficient (Wildman–Crippen LogP) is 2.86. The van der Waals surface area contributed by atoms with Gasteiger partial charge in [-0.1, -0.05) is 0 Å². The normalized spacial score (nSPS) is 14.1. The van der Waals surface area contributed by atoms with Crippen molar-refractivity contribution in [1.82, 2.24) is 25.1 Å². The fourth-order valence-corrected chi connectivity index (χ4v) is 3.59. The first-order chi connectivity index (χ1) is 16.1. The molecule has 3 aromatic rings. The molecule has 0 atom stereocenters. The Morgan fingerprint density at radius 1 is 1.09 bits per heavy atom. The highest BCUT2D eigenvalue weighted by atomic mass is 16.5. The van der Waals surface area contributed by atoms with Crippen molar-refractivity contribution in [3.8, 4) is 11.5 Å². The van der Waals surface area contributed by atoms with Crippen LogP contribution in [0.25, 0.3) is 10.9 Å². The molecule has 3 heterocycles. The van der Waals surface area contributed by atoms with Gasteiger partial charge in [-0.15, -0.1) is 0 Å². The second-order valence-corrected chi connectivity index (χ2v) is 7.56. The number of carbonyl (C=O) groups excluding carboxylic acids is 2. The van der Waals surface area contributed by atoms with Gasteiger partial charge in [0.05, 0.1) is 18.7 Å². The minimum absolute atomic E-state index is 0.172. The van der Waals surface area contributed by atoms with Gasteiger partial charge in [0.1, 0.15) is 17.3 Å². The van der Waals surface area contributed by atoms with E-state index in [9.17, 15) is 9.59 Å². The van der Waals surface area contributed by atoms with Gasteiger partial charge in [0.2, 0.25) is 0 Å². The zero-order valence-corrected chi connectivity index (χ0v) is 18.5. The lowest BCUT2D eigenvalue weighted by Crippen LogP contribution is -2.42. The van der Waals surface area contributed by atoms with E-state index in [0.717, 1.165) is 43.8 Å². The fraction of sp³-hybridized carbons (Fsp3) is 0.348. The monoisotopic (exact) mass is 452 g/mol. The summed E-state index contributed by atoms with van der Waals surface area (Å²) in [5.74, 6) is 1.54. The minimum atomic E-state index is -0.318. The van der Waals surface area contributed by atoms with Crippen molar-refractivity contribution in [3.63, 3.8) is 0 Å². The van der Waals surface area contributed by atoms with Crippen LogP contribution in [-0.4, -0.2) is 72.5 Å². The molecule has 0 aliphatic carbocycles. The summed E-state index contributed by atoms with van der Waals surface area (Å²) in [5, 5.41) is 9.24. The predicted molar refractivity (Wildman–Crippen MR) is 125 cm³/mol. The molecular formula is C23H28N6O4. The van der Waals surface area contributed by atoms with Crippen LogP contribution in [-0.2, 0) is 4.74 Å². The molecule has 1 saturated heterocycles. The van der Waals surface area contributed by atoms with Crippen LogP contribution in [0.5, 0.6) is 11.5 Å². The number of aromatic nitrogens is 2. The van der Waals surface area contributed by atoms with Crippen LogP contribution in [0.15, 0.2) is 48.8 Å². The molecule has 3 amide bonds. The SMILES string of the molecule is CCNC(=O)n1ccc2cc(Oc3ccnc(NC(=O)NCCN4CCOCC4)c3)ccc21. The molecule has 2 aromatic heterocycles. The van der Waals surface area contributed by atoms with Gasteiger partial charge in [-0.05, 0) is 37.3 Å². The second kappa shape index (κ2) is 10.8. The molecular weight excluding hydrogens is 424 g/mol. The molecule has 10 heteroatoms.